The minimum Gasteiger partial charge on any atom is -0.490 e. The number of rotatable bonds is 6. The first-order chi connectivity index (χ1) is 10.1. The van der Waals surface area contributed by atoms with Crippen LogP contribution in [0, 0.1) is 6.92 Å². The summed E-state index contributed by atoms with van der Waals surface area (Å²) in [7, 11) is 0. The molecule has 0 fully saturated rings. The smallest absolute Gasteiger partial charge is 0.224 e. The lowest BCUT2D eigenvalue weighted by atomic mass is 10.2. The summed E-state index contributed by atoms with van der Waals surface area (Å²) in [6.07, 6.45) is 0. The van der Waals surface area contributed by atoms with Gasteiger partial charge >= 0.3 is 0 Å². The molecule has 1 heterocycles. The van der Waals surface area contributed by atoms with Crippen LogP contribution in [0.1, 0.15) is 19.5 Å². The summed E-state index contributed by atoms with van der Waals surface area (Å²) in [4.78, 5) is 8.17. The average Bonchev–Trinajstić information content (AvgIpc) is 2.41. The topological polar surface area (TPSA) is 56.3 Å². The van der Waals surface area contributed by atoms with E-state index in [9.17, 15) is 0 Å². The molecule has 0 saturated heterocycles. The van der Waals surface area contributed by atoms with Crippen molar-refractivity contribution < 1.29 is 9.47 Å². The summed E-state index contributed by atoms with van der Waals surface area (Å²) in [5.41, 5.74) is 1.64. The van der Waals surface area contributed by atoms with Gasteiger partial charge in [-0.05, 0) is 44.5 Å². The van der Waals surface area contributed by atoms with Crippen LogP contribution in [-0.4, -0.2) is 23.2 Å². The average molecular weight is 308 g/mol. The Balaban J connectivity index is 2.25. The molecule has 112 valence electrons. The van der Waals surface area contributed by atoms with Crippen LogP contribution in [0.2, 0.25) is 5.28 Å². The van der Waals surface area contributed by atoms with Crippen molar-refractivity contribution in [2.45, 2.75) is 20.8 Å². The minimum absolute atomic E-state index is 0.216. The first-order valence-electron chi connectivity index (χ1n) is 6.80. The zero-order chi connectivity index (χ0) is 15.2. The first-order valence-corrected chi connectivity index (χ1v) is 7.18. The number of halogens is 1. The van der Waals surface area contributed by atoms with Gasteiger partial charge in [0.2, 0.25) is 5.28 Å². The fourth-order valence-corrected chi connectivity index (χ4v) is 2.10. The third kappa shape index (κ3) is 4.23. The lowest BCUT2D eigenvalue weighted by Crippen LogP contribution is -2.00. The molecule has 0 aliphatic carbocycles. The van der Waals surface area contributed by atoms with Crippen molar-refractivity contribution in [3.05, 3.63) is 35.2 Å². The van der Waals surface area contributed by atoms with Crippen molar-refractivity contribution in [2.75, 3.05) is 18.5 Å². The Kier molecular flexibility index (Phi) is 5.22. The van der Waals surface area contributed by atoms with Crippen molar-refractivity contribution in [1.29, 1.82) is 0 Å². The molecule has 0 unspecified atom stereocenters. The highest BCUT2D eigenvalue weighted by Gasteiger charge is 2.07. The van der Waals surface area contributed by atoms with Gasteiger partial charge in [-0.25, -0.2) is 9.97 Å². The number of aryl methyl sites for hydroxylation is 1. The van der Waals surface area contributed by atoms with E-state index >= 15 is 0 Å². The van der Waals surface area contributed by atoms with Crippen LogP contribution < -0.4 is 14.8 Å². The highest BCUT2D eigenvalue weighted by atomic mass is 35.5. The summed E-state index contributed by atoms with van der Waals surface area (Å²) in [6.45, 7) is 6.90. The molecule has 5 nitrogen and oxygen atoms in total. The monoisotopic (exact) mass is 307 g/mol. The van der Waals surface area contributed by atoms with Crippen LogP contribution in [0.25, 0.3) is 0 Å². The van der Waals surface area contributed by atoms with E-state index in [0.717, 1.165) is 17.1 Å². The first kappa shape index (κ1) is 15.4. The van der Waals surface area contributed by atoms with Gasteiger partial charge in [-0.1, -0.05) is 0 Å². The van der Waals surface area contributed by atoms with E-state index in [1.165, 1.54) is 0 Å². The normalized spacial score (nSPS) is 10.3. The van der Waals surface area contributed by atoms with Gasteiger partial charge in [0.25, 0.3) is 0 Å². The Morgan fingerprint density at radius 3 is 2.43 bits per heavy atom. The molecular formula is C15H18ClN3O2. The van der Waals surface area contributed by atoms with Gasteiger partial charge in [0.1, 0.15) is 5.82 Å². The number of hydrogen-bond acceptors (Lipinski definition) is 5. The molecule has 0 bridgehead atoms. The molecule has 2 aromatic rings. The molecule has 0 saturated carbocycles. The van der Waals surface area contributed by atoms with E-state index in [4.69, 9.17) is 21.1 Å². The van der Waals surface area contributed by atoms with E-state index < -0.39 is 0 Å². The molecule has 21 heavy (non-hydrogen) atoms. The Hall–Kier alpha value is -2.01. The fourth-order valence-electron chi connectivity index (χ4n) is 1.87. The maximum Gasteiger partial charge on any atom is 0.224 e. The van der Waals surface area contributed by atoms with Crippen molar-refractivity contribution >= 4 is 23.1 Å². The quantitative estimate of drug-likeness (QED) is 0.818. The largest absolute Gasteiger partial charge is 0.490 e. The molecule has 0 atom stereocenters. The summed E-state index contributed by atoms with van der Waals surface area (Å²) >= 11 is 5.86. The van der Waals surface area contributed by atoms with Gasteiger partial charge in [-0.3, -0.25) is 0 Å². The minimum atomic E-state index is 0.216. The molecule has 0 radical (unpaired) electrons. The zero-order valence-electron chi connectivity index (χ0n) is 12.3. The molecule has 0 spiro atoms. The van der Waals surface area contributed by atoms with Gasteiger partial charge in [0.15, 0.2) is 11.5 Å². The lowest BCUT2D eigenvalue weighted by molar-refractivity contribution is 0.288. The summed E-state index contributed by atoms with van der Waals surface area (Å²) in [5, 5.41) is 3.40. The molecule has 1 N–H and O–H groups in total. The second-order valence-corrected chi connectivity index (χ2v) is 4.65. The number of benzene rings is 1. The van der Waals surface area contributed by atoms with Gasteiger partial charge < -0.3 is 14.8 Å². The third-order valence-electron chi connectivity index (χ3n) is 2.64. The van der Waals surface area contributed by atoms with Crippen LogP contribution in [0.15, 0.2) is 24.3 Å². The fraction of sp³-hybridized carbons (Fsp3) is 0.333. The predicted molar refractivity (Wildman–Crippen MR) is 83.8 cm³/mol. The van der Waals surface area contributed by atoms with Crippen LogP contribution in [0.3, 0.4) is 0 Å². The molecule has 0 aliphatic rings. The Labute approximate surface area is 129 Å². The standard InChI is InChI=1S/C15H18ClN3O2/c1-4-20-12-7-6-11(9-13(12)21-5-2)18-14-8-10(3)17-15(16)19-14/h6-9H,4-5H2,1-3H3,(H,17,18,19). The second kappa shape index (κ2) is 7.13. The Morgan fingerprint density at radius 2 is 1.76 bits per heavy atom. The maximum atomic E-state index is 5.86. The SMILES string of the molecule is CCOc1ccc(Nc2cc(C)nc(Cl)n2)cc1OCC. The van der Waals surface area contributed by atoms with Crippen LogP contribution >= 0.6 is 11.6 Å². The number of aromatic nitrogens is 2. The zero-order valence-corrected chi connectivity index (χ0v) is 13.1. The van der Waals surface area contributed by atoms with Gasteiger partial charge in [0, 0.05) is 23.5 Å². The number of anilines is 2. The van der Waals surface area contributed by atoms with Crippen LogP contribution in [-0.2, 0) is 0 Å². The van der Waals surface area contributed by atoms with E-state index in [-0.39, 0.29) is 5.28 Å². The Morgan fingerprint density at radius 1 is 1.05 bits per heavy atom. The Bertz CT molecular complexity index is 600. The highest BCUT2D eigenvalue weighted by Crippen LogP contribution is 2.31. The third-order valence-corrected chi connectivity index (χ3v) is 2.81. The highest BCUT2D eigenvalue weighted by molar-refractivity contribution is 6.28. The number of nitrogens with one attached hydrogen (secondary N) is 1. The lowest BCUT2D eigenvalue weighted by Gasteiger charge is -2.13. The summed E-state index contributed by atoms with van der Waals surface area (Å²) in [6, 6.07) is 7.47. The van der Waals surface area contributed by atoms with Crippen molar-refractivity contribution in [3.8, 4) is 11.5 Å². The van der Waals surface area contributed by atoms with Gasteiger partial charge in [0.05, 0.1) is 13.2 Å². The molecular weight excluding hydrogens is 290 g/mol. The van der Waals surface area contributed by atoms with Crippen molar-refractivity contribution in [3.63, 3.8) is 0 Å². The molecule has 0 aliphatic heterocycles. The molecule has 1 aromatic carbocycles. The van der Waals surface area contributed by atoms with Crippen LogP contribution in [0.4, 0.5) is 11.5 Å². The predicted octanol–water partition coefficient (Wildman–Crippen LogP) is 3.98. The number of hydrogen-bond donors (Lipinski definition) is 1. The maximum absolute atomic E-state index is 5.86. The van der Waals surface area contributed by atoms with E-state index in [1.54, 1.807) is 0 Å². The molecule has 6 heteroatoms. The summed E-state index contributed by atoms with van der Waals surface area (Å²) in [5.74, 6) is 2.06. The number of nitrogens with zero attached hydrogens (tertiary/aromatic N) is 2. The van der Waals surface area contributed by atoms with E-state index in [1.807, 2.05) is 45.0 Å². The molecule has 0 amide bonds. The molecule has 2 rings (SSSR count). The van der Waals surface area contributed by atoms with E-state index in [2.05, 4.69) is 15.3 Å². The van der Waals surface area contributed by atoms with Gasteiger partial charge in [-0.2, -0.15) is 0 Å². The van der Waals surface area contributed by atoms with Crippen LogP contribution in [0.5, 0.6) is 11.5 Å². The second-order valence-electron chi connectivity index (χ2n) is 4.32. The van der Waals surface area contributed by atoms with Gasteiger partial charge in [-0.15, -0.1) is 0 Å². The van der Waals surface area contributed by atoms with Crippen molar-refractivity contribution in [1.82, 2.24) is 9.97 Å². The summed E-state index contributed by atoms with van der Waals surface area (Å²) < 4.78 is 11.1. The number of ether oxygens (including phenoxy) is 2. The van der Waals surface area contributed by atoms with E-state index in [0.29, 0.717) is 24.8 Å². The molecule has 1 aromatic heterocycles. The van der Waals surface area contributed by atoms with Crippen molar-refractivity contribution in [2.24, 2.45) is 0 Å².